The molecule has 6 rings (SSSR count). The van der Waals surface area contributed by atoms with Gasteiger partial charge in [0.2, 0.25) is 11.7 Å². The Kier molecular flexibility index (Phi) is 13.5. The highest BCUT2D eigenvalue weighted by Gasteiger charge is 2.39. The van der Waals surface area contributed by atoms with Crippen LogP contribution in [0.25, 0.3) is 11.5 Å². The minimum Gasteiger partial charge on any atom is -0.506 e. The number of anilines is 3. The Labute approximate surface area is 356 Å². The quantitative estimate of drug-likeness (QED) is 0.0333. The highest BCUT2D eigenvalue weighted by atomic mass is 16.5. The van der Waals surface area contributed by atoms with Crippen LogP contribution in [0.15, 0.2) is 92.6 Å². The summed E-state index contributed by atoms with van der Waals surface area (Å²) >= 11 is 0. The number of imidazole rings is 1. The number of nitrogens with one attached hydrogen (secondary N) is 3. The van der Waals surface area contributed by atoms with E-state index in [1.54, 1.807) is 41.9 Å². The summed E-state index contributed by atoms with van der Waals surface area (Å²) in [5, 5.41) is 18.6. The van der Waals surface area contributed by atoms with E-state index in [0.717, 1.165) is 35.4 Å². The van der Waals surface area contributed by atoms with Gasteiger partial charge in [0, 0.05) is 64.3 Å². The molecule has 1 saturated heterocycles. The van der Waals surface area contributed by atoms with Crippen LogP contribution in [-0.2, 0) is 30.2 Å². The Morgan fingerprint density at radius 2 is 1.85 bits per heavy atom. The van der Waals surface area contributed by atoms with Crippen molar-refractivity contribution in [1.82, 2.24) is 24.3 Å². The number of aryl methyl sites for hydroxylation is 2. The number of aliphatic hydroxyl groups is 1. The van der Waals surface area contributed by atoms with Crippen LogP contribution in [0, 0.1) is 5.92 Å². The molecule has 320 valence electrons. The number of amides is 3. The summed E-state index contributed by atoms with van der Waals surface area (Å²) in [6.07, 6.45) is 5.77. The highest BCUT2D eigenvalue weighted by Crippen LogP contribution is 2.38. The molecule has 1 fully saturated rings. The first-order valence-electron chi connectivity index (χ1n) is 20.2. The SMILES string of the molecule is C=C1CC2CN(C(=C)OCc3cccc(C(=C)NCCC(C)C)c3)c3cc(OCCCC(=O)Nc4cn(C)c(C(=O)Nc5cc(C(=C)O)n(C)c5)n4)c(C=O)cc3C(=O)N2C1. The molecule has 2 aliphatic rings. The summed E-state index contributed by atoms with van der Waals surface area (Å²) in [5.74, 6) is 0.166. The minimum atomic E-state index is -0.512. The molecule has 1 unspecified atom stereocenters. The van der Waals surface area contributed by atoms with E-state index < -0.39 is 5.91 Å². The van der Waals surface area contributed by atoms with Crippen LogP contribution in [0.1, 0.15) is 87.7 Å². The van der Waals surface area contributed by atoms with Crippen LogP contribution in [0.3, 0.4) is 0 Å². The van der Waals surface area contributed by atoms with Crippen molar-refractivity contribution in [1.29, 1.82) is 0 Å². The Balaban J connectivity index is 1.10. The fourth-order valence-electron chi connectivity index (χ4n) is 7.35. The number of aldehydes is 1. The maximum Gasteiger partial charge on any atom is 0.291 e. The molecule has 1 atom stereocenters. The van der Waals surface area contributed by atoms with Gasteiger partial charge in [-0.05, 0) is 61.1 Å². The van der Waals surface area contributed by atoms with Crippen molar-refractivity contribution in [3.63, 3.8) is 0 Å². The average Bonchev–Trinajstić information content (AvgIpc) is 3.89. The maximum absolute atomic E-state index is 14.0. The lowest BCUT2D eigenvalue weighted by molar-refractivity contribution is -0.116. The lowest BCUT2D eigenvalue weighted by Crippen LogP contribution is -2.39. The number of carbonyl (C=O) groups is 4. The number of fused-ring (bicyclic) bond motifs is 2. The second-order valence-corrected chi connectivity index (χ2v) is 15.8. The third-order valence-corrected chi connectivity index (χ3v) is 10.5. The molecule has 0 bridgehead atoms. The van der Waals surface area contributed by atoms with Crippen molar-refractivity contribution < 1.29 is 33.8 Å². The van der Waals surface area contributed by atoms with Gasteiger partial charge in [-0.15, -0.1) is 0 Å². The number of carbonyl (C=O) groups excluding carboxylic acids is 4. The molecule has 4 aromatic rings. The average molecular weight is 831 g/mol. The lowest BCUT2D eigenvalue weighted by Gasteiger charge is -2.29. The van der Waals surface area contributed by atoms with Gasteiger partial charge in [0.1, 0.15) is 18.1 Å². The summed E-state index contributed by atoms with van der Waals surface area (Å²) in [5.41, 5.74) is 5.52. The van der Waals surface area contributed by atoms with Crippen molar-refractivity contribution in [3.05, 3.63) is 126 Å². The second kappa shape index (κ2) is 18.9. The zero-order valence-corrected chi connectivity index (χ0v) is 35.3. The summed E-state index contributed by atoms with van der Waals surface area (Å²) in [7, 11) is 3.34. The number of nitrogens with zero attached hydrogens (tertiary/aromatic N) is 5. The molecule has 15 heteroatoms. The first-order chi connectivity index (χ1) is 29.1. The first kappa shape index (κ1) is 43.5. The van der Waals surface area contributed by atoms with Gasteiger partial charge in [0.05, 0.1) is 40.8 Å². The van der Waals surface area contributed by atoms with Crippen LogP contribution in [0.2, 0.25) is 0 Å². The van der Waals surface area contributed by atoms with Crippen LogP contribution in [-0.4, -0.2) is 80.4 Å². The molecule has 3 amide bonds. The van der Waals surface area contributed by atoms with E-state index >= 15 is 0 Å². The molecule has 15 nitrogen and oxygen atoms in total. The van der Waals surface area contributed by atoms with Crippen molar-refractivity contribution in [2.24, 2.45) is 20.0 Å². The predicted octanol–water partition coefficient (Wildman–Crippen LogP) is 7.03. The predicted molar refractivity (Wildman–Crippen MR) is 236 cm³/mol. The van der Waals surface area contributed by atoms with E-state index in [-0.39, 0.29) is 72.6 Å². The number of aliphatic hydroxyl groups excluding tert-OH is 1. The minimum absolute atomic E-state index is 0.0512. The molecule has 0 aliphatic carbocycles. The maximum atomic E-state index is 14.0. The largest absolute Gasteiger partial charge is 0.506 e. The molecule has 0 spiro atoms. The van der Waals surface area contributed by atoms with E-state index in [4.69, 9.17) is 9.47 Å². The standard InChI is InChI=1S/C46H54N8O7/c1-28(2)14-15-47-30(4)34-12-9-11-33(18-34)27-61-32(6)53-24-37-17-29(3)22-54(37)46(59)38-19-35(26-55)41(21-40(38)53)60-16-10-13-43(57)49-42-25-52(8)44(50-42)45(58)48-36-20-39(31(5)56)51(7)23-36/h9,11-12,18-21,23,25-26,28,37,47,56H,3-6,10,13-17,22,24,27H2,1-2,7-8H3,(H,48,58)(H,49,57). The van der Waals surface area contributed by atoms with Crippen LogP contribution in [0.4, 0.5) is 17.2 Å². The lowest BCUT2D eigenvalue weighted by atomic mass is 10.1. The van der Waals surface area contributed by atoms with E-state index in [9.17, 15) is 24.3 Å². The second-order valence-electron chi connectivity index (χ2n) is 15.8. The monoisotopic (exact) mass is 830 g/mol. The molecule has 4 N–H and O–H groups in total. The molecule has 2 aromatic heterocycles. The van der Waals surface area contributed by atoms with Crippen LogP contribution in [0.5, 0.6) is 5.75 Å². The van der Waals surface area contributed by atoms with Gasteiger partial charge in [0.15, 0.2) is 18.0 Å². The summed E-state index contributed by atoms with van der Waals surface area (Å²) in [4.78, 5) is 60.2. The van der Waals surface area contributed by atoms with Gasteiger partial charge in [-0.25, -0.2) is 4.98 Å². The highest BCUT2D eigenvalue weighted by molar-refractivity contribution is 6.04. The topological polar surface area (TPSA) is 172 Å². The normalized spacial score (nSPS) is 14.5. The fraction of sp³-hybridized carbons (Fsp3) is 0.326. The zero-order valence-electron chi connectivity index (χ0n) is 35.3. The Morgan fingerprint density at radius 3 is 2.57 bits per heavy atom. The Morgan fingerprint density at radius 1 is 1.07 bits per heavy atom. The number of benzene rings is 2. The molecule has 2 aliphatic heterocycles. The molecule has 61 heavy (non-hydrogen) atoms. The molecule has 2 aromatic carbocycles. The Bertz CT molecular complexity index is 2390. The van der Waals surface area contributed by atoms with E-state index in [0.29, 0.717) is 60.2 Å². The van der Waals surface area contributed by atoms with Crippen molar-refractivity contribution >= 4 is 52.7 Å². The Hall–Kier alpha value is -7.03. The van der Waals surface area contributed by atoms with E-state index in [1.165, 1.54) is 16.8 Å². The van der Waals surface area contributed by atoms with Crippen molar-refractivity contribution in [2.75, 3.05) is 41.8 Å². The van der Waals surface area contributed by atoms with E-state index in [1.807, 2.05) is 29.2 Å². The van der Waals surface area contributed by atoms with Crippen molar-refractivity contribution in [3.8, 4) is 5.75 Å². The number of hydrogen-bond donors (Lipinski definition) is 4. The third-order valence-electron chi connectivity index (χ3n) is 10.5. The van der Waals surface area contributed by atoms with Gasteiger partial charge in [0.25, 0.3) is 11.8 Å². The van der Waals surface area contributed by atoms with Gasteiger partial charge in [-0.1, -0.05) is 57.4 Å². The molecule has 0 saturated carbocycles. The van der Waals surface area contributed by atoms with Gasteiger partial charge in [-0.3, -0.25) is 19.2 Å². The number of aromatic nitrogens is 3. The summed E-state index contributed by atoms with van der Waals surface area (Å²) in [6.45, 7) is 22.4. The van der Waals surface area contributed by atoms with Crippen LogP contribution < -0.4 is 25.6 Å². The summed E-state index contributed by atoms with van der Waals surface area (Å²) in [6, 6.07) is 12.5. The first-order valence-corrected chi connectivity index (χ1v) is 20.2. The molecular weight excluding hydrogens is 777 g/mol. The zero-order chi connectivity index (χ0) is 44.0. The van der Waals surface area contributed by atoms with Gasteiger partial charge < -0.3 is 49.5 Å². The number of ether oxygens (including phenoxy) is 2. The number of rotatable bonds is 19. The molecular formula is C46H54N8O7. The number of hydrogen-bond acceptors (Lipinski definition) is 10. The smallest absolute Gasteiger partial charge is 0.291 e. The van der Waals surface area contributed by atoms with Crippen LogP contribution >= 0.6 is 0 Å². The summed E-state index contributed by atoms with van der Waals surface area (Å²) < 4.78 is 15.5. The fourth-order valence-corrected chi connectivity index (χ4v) is 7.35. The molecule has 0 radical (unpaired) electrons. The van der Waals surface area contributed by atoms with Gasteiger partial charge in [-0.2, -0.15) is 0 Å². The van der Waals surface area contributed by atoms with Gasteiger partial charge >= 0.3 is 0 Å². The third kappa shape index (κ3) is 10.4. The van der Waals surface area contributed by atoms with E-state index in [2.05, 4.69) is 61.1 Å². The van der Waals surface area contributed by atoms with Crippen molar-refractivity contribution in [2.45, 2.75) is 52.2 Å². The molecule has 4 heterocycles.